The fraction of sp³-hybridized carbons (Fsp3) is 0. The SMILES string of the molecule is O=C(O)/C=C/c1cc(O)cc(O)c1. The lowest BCUT2D eigenvalue weighted by atomic mass is 10.2. The summed E-state index contributed by atoms with van der Waals surface area (Å²) in [6, 6.07) is 3.86. The number of hydrogen-bond donors (Lipinski definition) is 3. The lowest BCUT2D eigenvalue weighted by Crippen LogP contribution is -1.85. The van der Waals surface area contributed by atoms with Crippen LogP contribution in [0.2, 0.25) is 0 Å². The van der Waals surface area contributed by atoms with Crippen molar-refractivity contribution in [3.05, 3.63) is 29.8 Å². The third kappa shape index (κ3) is 2.86. The van der Waals surface area contributed by atoms with E-state index in [2.05, 4.69) is 0 Å². The van der Waals surface area contributed by atoms with Crippen molar-refractivity contribution in [2.24, 2.45) is 0 Å². The first kappa shape index (κ1) is 9.12. The zero-order chi connectivity index (χ0) is 9.84. The molecule has 0 radical (unpaired) electrons. The van der Waals surface area contributed by atoms with Crippen LogP contribution in [0.1, 0.15) is 5.56 Å². The minimum absolute atomic E-state index is 0.106. The van der Waals surface area contributed by atoms with Crippen LogP contribution in [0.3, 0.4) is 0 Å². The molecule has 1 aromatic rings. The van der Waals surface area contributed by atoms with E-state index in [-0.39, 0.29) is 11.5 Å². The quantitative estimate of drug-likeness (QED) is 0.597. The molecule has 13 heavy (non-hydrogen) atoms. The molecule has 0 aliphatic heterocycles. The summed E-state index contributed by atoms with van der Waals surface area (Å²) in [5.74, 6) is -1.29. The summed E-state index contributed by atoms with van der Waals surface area (Å²) in [6.45, 7) is 0. The van der Waals surface area contributed by atoms with E-state index < -0.39 is 5.97 Å². The van der Waals surface area contributed by atoms with Crippen LogP contribution in [0.25, 0.3) is 6.08 Å². The van der Waals surface area contributed by atoms with Crippen molar-refractivity contribution in [1.29, 1.82) is 0 Å². The van der Waals surface area contributed by atoms with Gasteiger partial charge in [0.15, 0.2) is 0 Å². The number of hydrogen-bond acceptors (Lipinski definition) is 3. The van der Waals surface area contributed by atoms with Gasteiger partial charge in [-0.25, -0.2) is 4.79 Å². The minimum atomic E-state index is -1.08. The van der Waals surface area contributed by atoms with Gasteiger partial charge in [-0.2, -0.15) is 0 Å². The van der Waals surface area contributed by atoms with Gasteiger partial charge < -0.3 is 15.3 Å². The van der Waals surface area contributed by atoms with E-state index in [9.17, 15) is 4.79 Å². The van der Waals surface area contributed by atoms with E-state index in [1.807, 2.05) is 0 Å². The number of phenols is 2. The number of aromatic hydroxyl groups is 2. The Hall–Kier alpha value is -1.97. The molecule has 0 unspecified atom stereocenters. The Morgan fingerprint density at radius 1 is 1.15 bits per heavy atom. The Kier molecular flexibility index (Phi) is 2.54. The summed E-state index contributed by atoms with van der Waals surface area (Å²) in [4.78, 5) is 10.1. The molecule has 1 rings (SSSR count). The van der Waals surface area contributed by atoms with E-state index in [0.717, 1.165) is 12.1 Å². The van der Waals surface area contributed by atoms with Crippen molar-refractivity contribution in [3.63, 3.8) is 0 Å². The maximum absolute atomic E-state index is 10.1. The van der Waals surface area contributed by atoms with Crippen LogP contribution in [0.15, 0.2) is 24.3 Å². The van der Waals surface area contributed by atoms with Crippen LogP contribution >= 0.6 is 0 Å². The van der Waals surface area contributed by atoms with Crippen LogP contribution in [-0.4, -0.2) is 21.3 Å². The standard InChI is InChI=1S/C9H8O4/c10-7-3-6(1-2-9(12)13)4-8(11)5-7/h1-5,10-11H,(H,12,13)/b2-1+. The second-order valence-electron chi connectivity index (χ2n) is 2.45. The van der Waals surface area contributed by atoms with Crippen LogP contribution in [-0.2, 0) is 4.79 Å². The normalized spacial score (nSPS) is 10.5. The van der Waals surface area contributed by atoms with E-state index in [1.165, 1.54) is 18.2 Å². The van der Waals surface area contributed by atoms with Crippen molar-refractivity contribution in [1.82, 2.24) is 0 Å². The highest BCUT2D eigenvalue weighted by Crippen LogP contribution is 2.20. The van der Waals surface area contributed by atoms with Crippen LogP contribution in [0.5, 0.6) is 11.5 Å². The molecular weight excluding hydrogens is 172 g/mol. The molecule has 0 amide bonds. The van der Waals surface area contributed by atoms with Gasteiger partial charge >= 0.3 is 5.97 Å². The number of phenolic OH excluding ortho intramolecular Hbond substituents is 2. The number of aliphatic carboxylic acids is 1. The first-order valence-corrected chi connectivity index (χ1v) is 3.52. The molecule has 0 atom stereocenters. The van der Waals surface area contributed by atoms with Gasteiger partial charge in [0.2, 0.25) is 0 Å². The lowest BCUT2D eigenvalue weighted by Gasteiger charge is -1.96. The first-order valence-electron chi connectivity index (χ1n) is 3.52. The van der Waals surface area contributed by atoms with Gasteiger partial charge in [-0.05, 0) is 23.8 Å². The molecule has 0 aliphatic rings. The van der Waals surface area contributed by atoms with Gasteiger partial charge in [-0.3, -0.25) is 0 Å². The Balaban J connectivity index is 2.95. The van der Waals surface area contributed by atoms with E-state index in [1.54, 1.807) is 0 Å². The average molecular weight is 180 g/mol. The van der Waals surface area contributed by atoms with Crippen molar-refractivity contribution < 1.29 is 20.1 Å². The molecule has 0 spiro atoms. The van der Waals surface area contributed by atoms with Crippen molar-refractivity contribution in [2.45, 2.75) is 0 Å². The monoisotopic (exact) mass is 180 g/mol. The zero-order valence-corrected chi connectivity index (χ0v) is 6.64. The predicted molar refractivity (Wildman–Crippen MR) is 46.4 cm³/mol. The highest BCUT2D eigenvalue weighted by atomic mass is 16.4. The number of benzene rings is 1. The van der Waals surface area contributed by atoms with E-state index >= 15 is 0 Å². The predicted octanol–water partition coefficient (Wildman–Crippen LogP) is 1.20. The van der Waals surface area contributed by atoms with Crippen LogP contribution < -0.4 is 0 Å². The Bertz CT molecular complexity index is 334. The molecule has 0 aromatic heterocycles. The van der Waals surface area contributed by atoms with Gasteiger partial charge in [-0.1, -0.05) is 0 Å². The molecule has 0 fully saturated rings. The first-order chi connectivity index (χ1) is 6.08. The summed E-state index contributed by atoms with van der Waals surface area (Å²) < 4.78 is 0. The molecule has 68 valence electrons. The van der Waals surface area contributed by atoms with Gasteiger partial charge in [0.1, 0.15) is 11.5 Å². The molecular formula is C9H8O4. The van der Waals surface area contributed by atoms with Crippen molar-refractivity contribution in [3.8, 4) is 11.5 Å². The topological polar surface area (TPSA) is 77.8 Å². The Labute approximate surface area is 74.4 Å². The number of carboxylic acid groups (broad SMARTS) is 1. The number of carbonyl (C=O) groups is 1. The van der Waals surface area contributed by atoms with Crippen LogP contribution in [0, 0.1) is 0 Å². The van der Waals surface area contributed by atoms with E-state index in [4.69, 9.17) is 15.3 Å². The maximum atomic E-state index is 10.1. The smallest absolute Gasteiger partial charge is 0.328 e. The lowest BCUT2D eigenvalue weighted by molar-refractivity contribution is -0.131. The Morgan fingerprint density at radius 3 is 2.15 bits per heavy atom. The third-order valence-electron chi connectivity index (χ3n) is 1.34. The van der Waals surface area contributed by atoms with Crippen molar-refractivity contribution >= 4 is 12.0 Å². The molecule has 4 heteroatoms. The maximum Gasteiger partial charge on any atom is 0.328 e. The minimum Gasteiger partial charge on any atom is -0.508 e. The van der Waals surface area contributed by atoms with Gasteiger partial charge in [0.25, 0.3) is 0 Å². The number of carboxylic acids is 1. The molecule has 1 aromatic carbocycles. The van der Waals surface area contributed by atoms with E-state index in [0.29, 0.717) is 5.56 Å². The number of rotatable bonds is 2. The molecule has 0 saturated carbocycles. The molecule has 4 nitrogen and oxygen atoms in total. The average Bonchev–Trinajstić information content (AvgIpc) is 1.99. The third-order valence-corrected chi connectivity index (χ3v) is 1.34. The summed E-state index contributed by atoms with van der Waals surface area (Å²) in [5, 5.41) is 26.3. The summed E-state index contributed by atoms with van der Waals surface area (Å²) in [5.41, 5.74) is 0.430. The van der Waals surface area contributed by atoms with Gasteiger partial charge in [0.05, 0.1) is 0 Å². The zero-order valence-electron chi connectivity index (χ0n) is 6.64. The second kappa shape index (κ2) is 3.62. The summed E-state index contributed by atoms with van der Waals surface area (Å²) in [6.07, 6.45) is 2.20. The Morgan fingerprint density at radius 2 is 1.69 bits per heavy atom. The largest absolute Gasteiger partial charge is 0.508 e. The molecule has 0 bridgehead atoms. The van der Waals surface area contributed by atoms with Gasteiger partial charge in [-0.15, -0.1) is 0 Å². The highest BCUT2D eigenvalue weighted by Gasteiger charge is 1.96. The molecule has 0 aliphatic carbocycles. The van der Waals surface area contributed by atoms with Crippen molar-refractivity contribution in [2.75, 3.05) is 0 Å². The fourth-order valence-corrected chi connectivity index (χ4v) is 0.882. The van der Waals surface area contributed by atoms with Gasteiger partial charge in [0, 0.05) is 12.1 Å². The molecule has 0 heterocycles. The highest BCUT2D eigenvalue weighted by molar-refractivity contribution is 5.85. The molecule has 0 saturated heterocycles. The summed E-state index contributed by atoms with van der Waals surface area (Å²) >= 11 is 0. The second-order valence-corrected chi connectivity index (χ2v) is 2.45. The summed E-state index contributed by atoms with van der Waals surface area (Å²) in [7, 11) is 0. The fourth-order valence-electron chi connectivity index (χ4n) is 0.882. The van der Waals surface area contributed by atoms with Crippen LogP contribution in [0.4, 0.5) is 0 Å². The molecule has 3 N–H and O–H groups in total.